The van der Waals surface area contributed by atoms with E-state index in [9.17, 15) is 0 Å². The second-order valence-electron chi connectivity index (χ2n) is 5.02. The summed E-state index contributed by atoms with van der Waals surface area (Å²) >= 11 is 0. The van der Waals surface area contributed by atoms with Crippen LogP contribution in [0, 0.1) is 11.3 Å². The molecule has 0 saturated carbocycles. The molecule has 1 saturated heterocycles. The number of nitriles is 1. The van der Waals surface area contributed by atoms with Gasteiger partial charge in [-0.3, -0.25) is 0 Å². The summed E-state index contributed by atoms with van der Waals surface area (Å²) in [6, 6.07) is 10.5. The van der Waals surface area contributed by atoms with Crippen molar-refractivity contribution in [2.24, 2.45) is 0 Å². The fourth-order valence-electron chi connectivity index (χ4n) is 2.44. The van der Waals surface area contributed by atoms with Gasteiger partial charge >= 0.3 is 0 Å². The molecule has 0 aromatic heterocycles. The van der Waals surface area contributed by atoms with Crippen LogP contribution in [0.1, 0.15) is 30.4 Å². The molecule has 0 atom stereocenters. The SMILES string of the molecule is CN1CCCC1.N#CCC1=Cc2ccccc2C1. The first-order valence-electron chi connectivity index (χ1n) is 6.62. The number of fused-ring (bicyclic) bond motifs is 1. The third-order valence-corrected chi connectivity index (χ3v) is 3.47. The Bertz CT molecular complexity index is 462. The predicted octanol–water partition coefficient (Wildman–Crippen LogP) is 3.25. The molecule has 0 amide bonds. The lowest BCUT2D eigenvalue weighted by Gasteiger charge is -2.01. The quantitative estimate of drug-likeness (QED) is 0.753. The molecule has 0 spiro atoms. The Morgan fingerprint density at radius 3 is 2.50 bits per heavy atom. The molecule has 18 heavy (non-hydrogen) atoms. The van der Waals surface area contributed by atoms with E-state index >= 15 is 0 Å². The first kappa shape index (κ1) is 12.9. The molecule has 1 aliphatic carbocycles. The zero-order valence-corrected chi connectivity index (χ0v) is 11.0. The molecule has 0 bridgehead atoms. The Balaban J connectivity index is 0.000000169. The highest BCUT2D eigenvalue weighted by Gasteiger charge is 2.10. The van der Waals surface area contributed by atoms with Crippen LogP contribution >= 0.6 is 0 Å². The molecule has 1 aromatic rings. The Morgan fingerprint density at radius 2 is 1.94 bits per heavy atom. The molecule has 2 aliphatic rings. The lowest BCUT2D eigenvalue weighted by atomic mass is 10.1. The molecule has 0 N–H and O–H groups in total. The minimum atomic E-state index is 0.564. The van der Waals surface area contributed by atoms with Crippen molar-refractivity contribution in [3.63, 3.8) is 0 Å². The van der Waals surface area contributed by atoms with Crippen molar-refractivity contribution in [3.05, 3.63) is 41.0 Å². The van der Waals surface area contributed by atoms with Crippen molar-refractivity contribution in [1.29, 1.82) is 5.26 Å². The highest BCUT2D eigenvalue weighted by molar-refractivity contribution is 5.63. The normalized spacial score (nSPS) is 17.4. The minimum absolute atomic E-state index is 0.564. The second kappa shape index (κ2) is 6.37. The van der Waals surface area contributed by atoms with Gasteiger partial charge in [0, 0.05) is 0 Å². The number of benzene rings is 1. The van der Waals surface area contributed by atoms with Crippen LogP contribution in [0.15, 0.2) is 29.8 Å². The number of likely N-dealkylation sites (tertiary alicyclic amines) is 1. The monoisotopic (exact) mass is 240 g/mol. The Morgan fingerprint density at radius 1 is 1.22 bits per heavy atom. The third-order valence-electron chi connectivity index (χ3n) is 3.47. The summed E-state index contributed by atoms with van der Waals surface area (Å²) in [5, 5.41) is 8.51. The maximum atomic E-state index is 8.51. The third kappa shape index (κ3) is 3.45. The number of rotatable bonds is 1. The van der Waals surface area contributed by atoms with Crippen molar-refractivity contribution < 1.29 is 0 Å². The first-order chi connectivity index (χ1) is 8.79. The largest absolute Gasteiger partial charge is 0.306 e. The summed E-state index contributed by atoms with van der Waals surface area (Å²) in [5.74, 6) is 0. The van der Waals surface area contributed by atoms with Crippen LogP contribution in [-0.2, 0) is 6.42 Å². The van der Waals surface area contributed by atoms with E-state index in [1.807, 2.05) is 12.1 Å². The molecule has 0 radical (unpaired) electrons. The molecule has 2 heteroatoms. The van der Waals surface area contributed by atoms with E-state index in [0.717, 1.165) is 6.42 Å². The lowest BCUT2D eigenvalue weighted by molar-refractivity contribution is 0.418. The van der Waals surface area contributed by atoms with E-state index in [1.165, 1.54) is 42.6 Å². The van der Waals surface area contributed by atoms with Gasteiger partial charge in [-0.25, -0.2) is 0 Å². The molecule has 0 unspecified atom stereocenters. The van der Waals surface area contributed by atoms with Gasteiger partial charge in [-0.05, 0) is 50.5 Å². The van der Waals surface area contributed by atoms with E-state index in [0.29, 0.717) is 6.42 Å². The van der Waals surface area contributed by atoms with Gasteiger partial charge in [0.15, 0.2) is 0 Å². The van der Waals surface area contributed by atoms with Crippen LogP contribution in [0.25, 0.3) is 6.08 Å². The molecular formula is C16H20N2. The Labute approximate surface area is 110 Å². The van der Waals surface area contributed by atoms with E-state index < -0.39 is 0 Å². The zero-order chi connectivity index (χ0) is 12.8. The van der Waals surface area contributed by atoms with Gasteiger partial charge in [0.2, 0.25) is 0 Å². The smallest absolute Gasteiger partial charge is 0.0666 e. The Kier molecular flexibility index (Phi) is 4.55. The van der Waals surface area contributed by atoms with Crippen molar-refractivity contribution in [2.75, 3.05) is 20.1 Å². The molecular weight excluding hydrogens is 220 g/mol. The summed E-state index contributed by atoms with van der Waals surface area (Å²) in [7, 11) is 2.17. The number of allylic oxidation sites excluding steroid dienone is 1. The van der Waals surface area contributed by atoms with Crippen LogP contribution in [-0.4, -0.2) is 25.0 Å². The fourth-order valence-corrected chi connectivity index (χ4v) is 2.44. The molecule has 3 rings (SSSR count). The van der Waals surface area contributed by atoms with Gasteiger partial charge in [0.1, 0.15) is 0 Å². The summed E-state index contributed by atoms with van der Waals surface area (Å²) in [6.07, 6.45) is 6.48. The van der Waals surface area contributed by atoms with E-state index in [4.69, 9.17) is 5.26 Å². The minimum Gasteiger partial charge on any atom is -0.306 e. The molecule has 2 nitrogen and oxygen atoms in total. The fraction of sp³-hybridized carbons (Fsp3) is 0.438. The summed E-state index contributed by atoms with van der Waals surface area (Å²) in [6.45, 7) is 2.64. The molecule has 1 aromatic carbocycles. The maximum absolute atomic E-state index is 8.51. The van der Waals surface area contributed by atoms with E-state index in [1.54, 1.807) is 0 Å². The number of hydrogen-bond acceptors (Lipinski definition) is 2. The molecule has 1 aliphatic heterocycles. The zero-order valence-electron chi connectivity index (χ0n) is 11.0. The second-order valence-corrected chi connectivity index (χ2v) is 5.02. The van der Waals surface area contributed by atoms with Crippen molar-refractivity contribution in [3.8, 4) is 6.07 Å². The van der Waals surface area contributed by atoms with Gasteiger partial charge < -0.3 is 4.90 Å². The van der Waals surface area contributed by atoms with E-state index in [-0.39, 0.29) is 0 Å². The molecule has 1 fully saturated rings. The highest BCUT2D eigenvalue weighted by Crippen LogP contribution is 2.25. The van der Waals surface area contributed by atoms with E-state index in [2.05, 4.69) is 36.2 Å². The predicted molar refractivity (Wildman–Crippen MR) is 75.1 cm³/mol. The number of hydrogen-bond donors (Lipinski definition) is 0. The highest BCUT2D eigenvalue weighted by atomic mass is 15.1. The Hall–Kier alpha value is -1.59. The lowest BCUT2D eigenvalue weighted by Crippen LogP contribution is -2.10. The molecule has 1 heterocycles. The average Bonchev–Trinajstić information content (AvgIpc) is 2.98. The van der Waals surface area contributed by atoms with Crippen molar-refractivity contribution >= 4 is 6.08 Å². The van der Waals surface area contributed by atoms with Gasteiger partial charge in [-0.15, -0.1) is 0 Å². The summed E-state index contributed by atoms with van der Waals surface area (Å²) < 4.78 is 0. The van der Waals surface area contributed by atoms with Gasteiger partial charge in [-0.2, -0.15) is 5.26 Å². The average molecular weight is 240 g/mol. The van der Waals surface area contributed by atoms with Crippen LogP contribution in [0.4, 0.5) is 0 Å². The van der Waals surface area contributed by atoms with Crippen LogP contribution in [0.3, 0.4) is 0 Å². The van der Waals surface area contributed by atoms with Crippen LogP contribution in [0.5, 0.6) is 0 Å². The van der Waals surface area contributed by atoms with Crippen molar-refractivity contribution in [2.45, 2.75) is 25.7 Å². The van der Waals surface area contributed by atoms with Crippen LogP contribution < -0.4 is 0 Å². The molecule has 94 valence electrons. The topological polar surface area (TPSA) is 27.0 Å². The van der Waals surface area contributed by atoms with Crippen LogP contribution in [0.2, 0.25) is 0 Å². The van der Waals surface area contributed by atoms with Gasteiger partial charge in [-0.1, -0.05) is 35.9 Å². The van der Waals surface area contributed by atoms with Gasteiger partial charge in [0.25, 0.3) is 0 Å². The van der Waals surface area contributed by atoms with Crippen molar-refractivity contribution in [1.82, 2.24) is 4.90 Å². The first-order valence-corrected chi connectivity index (χ1v) is 6.62. The standard InChI is InChI=1S/C11H9N.C5H11N/c12-6-5-9-7-10-3-1-2-4-11(10)8-9;1-6-4-2-3-5-6/h1-4,7H,5,8H2;2-5H2,1H3. The van der Waals surface area contributed by atoms with Gasteiger partial charge in [0.05, 0.1) is 12.5 Å². The summed E-state index contributed by atoms with van der Waals surface area (Å²) in [4.78, 5) is 2.36. The maximum Gasteiger partial charge on any atom is 0.0666 e. The number of nitrogens with zero attached hydrogens (tertiary/aromatic N) is 2. The summed E-state index contributed by atoms with van der Waals surface area (Å²) in [5.41, 5.74) is 3.86.